The SMILES string of the molecule is Nc1cccc(OCS(=O)O)c1. The fraction of sp³-hybridized carbons (Fsp3) is 0.143. The number of hydrogen-bond acceptors (Lipinski definition) is 3. The van der Waals surface area contributed by atoms with E-state index in [1.165, 1.54) is 0 Å². The molecule has 1 aromatic rings. The van der Waals surface area contributed by atoms with Crippen LogP contribution in [0.1, 0.15) is 0 Å². The zero-order valence-corrected chi connectivity index (χ0v) is 7.08. The first-order valence-electron chi connectivity index (χ1n) is 3.24. The largest absolute Gasteiger partial charge is 0.478 e. The van der Waals surface area contributed by atoms with Crippen LogP contribution in [0.25, 0.3) is 0 Å². The van der Waals surface area contributed by atoms with Crippen LogP contribution >= 0.6 is 0 Å². The third-order valence-corrected chi connectivity index (χ3v) is 1.50. The van der Waals surface area contributed by atoms with Crippen molar-refractivity contribution in [3.63, 3.8) is 0 Å². The maximum atomic E-state index is 10.2. The van der Waals surface area contributed by atoms with Crippen molar-refractivity contribution >= 4 is 16.8 Å². The Balaban J connectivity index is 2.57. The Bertz CT molecular complexity index is 290. The molecule has 0 bridgehead atoms. The summed E-state index contributed by atoms with van der Waals surface area (Å²) in [6.07, 6.45) is 0. The quantitative estimate of drug-likeness (QED) is 0.543. The highest BCUT2D eigenvalue weighted by molar-refractivity contribution is 7.79. The topological polar surface area (TPSA) is 72.5 Å². The van der Waals surface area contributed by atoms with Gasteiger partial charge in [-0.05, 0) is 12.1 Å². The summed E-state index contributed by atoms with van der Waals surface area (Å²) in [7, 11) is 0. The van der Waals surface area contributed by atoms with Crippen LogP contribution in [-0.4, -0.2) is 14.7 Å². The maximum absolute atomic E-state index is 10.2. The first kappa shape index (κ1) is 9.02. The molecule has 0 spiro atoms. The van der Waals surface area contributed by atoms with Crippen LogP contribution in [0.4, 0.5) is 5.69 Å². The van der Waals surface area contributed by atoms with E-state index in [1.807, 2.05) is 0 Å². The van der Waals surface area contributed by atoms with E-state index in [4.69, 9.17) is 15.0 Å². The van der Waals surface area contributed by atoms with Gasteiger partial charge in [0.1, 0.15) is 5.75 Å². The molecule has 5 heteroatoms. The van der Waals surface area contributed by atoms with Crippen molar-refractivity contribution in [3.8, 4) is 5.75 Å². The molecular formula is C7H9NO3S. The smallest absolute Gasteiger partial charge is 0.191 e. The predicted molar refractivity (Wildman–Crippen MR) is 47.1 cm³/mol. The molecule has 0 saturated carbocycles. The summed E-state index contributed by atoms with van der Waals surface area (Å²) in [4.78, 5) is 0. The maximum Gasteiger partial charge on any atom is 0.191 e. The van der Waals surface area contributed by atoms with Gasteiger partial charge in [0, 0.05) is 11.8 Å². The molecule has 0 radical (unpaired) electrons. The molecule has 1 rings (SSSR count). The van der Waals surface area contributed by atoms with Gasteiger partial charge in [-0.3, -0.25) is 0 Å². The van der Waals surface area contributed by atoms with Crippen LogP contribution in [0, 0.1) is 0 Å². The monoisotopic (exact) mass is 187 g/mol. The fourth-order valence-corrected chi connectivity index (χ4v) is 0.960. The molecule has 0 fully saturated rings. The first-order valence-corrected chi connectivity index (χ1v) is 4.52. The van der Waals surface area contributed by atoms with Crippen molar-refractivity contribution in [3.05, 3.63) is 24.3 Å². The summed E-state index contributed by atoms with van der Waals surface area (Å²) in [6, 6.07) is 6.68. The summed E-state index contributed by atoms with van der Waals surface area (Å²) >= 11 is -1.94. The summed E-state index contributed by atoms with van der Waals surface area (Å²) in [6.45, 7) is 0. The number of nitrogen functional groups attached to an aromatic ring is 1. The lowest BCUT2D eigenvalue weighted by Gasteiger charge is -2.02. The van der Waals surface area contributed by atoms with E-state index in [0.717, 1.165) is 0 Å². The highest BCUT2D eigenvalue weighted by atomic mass is 32.2. The van der Waals surface area contributed by atoms with Gasteiger partial charge in [-0.1, -0.05) is 6.07 Å². The number of nitrogens with two attached hydrogens (primary N) is 1. The number of anilines is 1. The zero-order valence-electron chi connectivity index (χ0n) is 6.27. The van der Waals surface area contributed by atoms with E-state index in [1.54, 1.807) is 24.3 Å². The van der Waals surface area contributed by atoms with E-state index < -0.39 is 11.1 Å². The lowest BCUT2D eigenvalue weighted by atomic mass is 10.3. The Kier molecular flexibility index (Phi) is 3.07. The van der Waals surface area contributed by atoms with Crippen LogP contribution in [0.5, 0.6) is 5.75 Å². The predicted octanol–water partition coefficient (Wildman–Crippen LogP) is 0.827. The summed E-state index contributed by atoms with van der Waals surface area (Å²) in [5.74, 6) is 0.265. The van der Waals surface area contributed by atoms with Gasteiger partial charge >= 0.3 is 0 Å². The van der Waals surface area contributed by atoms with Crippen LogP contribution in [-0.2, 0) is 11.1 Å². The van der Waals surface area contributed by atoms with Crippen LogP contribution in [0.3, 0.4) is 0 Å². The second-order valence-electron chi connectivity index (χ2n) is 2.16. The van der Waals surface area contributed by atoms with Gasteiger partial charge in [0.05, 0.1) is 0 Å². The first-order chi connectivity index (χ1) is 5.68. The fourth-order valence-electron chi connectivity index (χ4n) is 0.723. The van der Waals surface area contributed by atoms with Crippen molar-refractivity contribution in [1.82, 2.24) is 0 Å². The van der Waals surface area contributed by atoms with E-state index in [9.17, 15) is 4.21 Å². The van der Waals surface area contributed by atoms with E-state index in [2.05, 4.69) is 0 Å². The number of hydrogen-bond donors (Lipinski definition) is 2. The Labute approximate surface area is 72.6 Å². The van der Waals surface area contributed by atoms with Crippen LogP contribution < -0.4 is 10.5 Å². The van der Waals surface area contributed by atoms with Gasteiger partial charge in [0.25, 0.3) is 0 Å². The minimum absolute atomic E-state index is 0.233. The molecule has 0 heterocycles. The van der Waals surface area contributed by atoms with Gasteiger partial charge in [0.2, 0.25) is 0 Å². The van der Waals surface area contributed by atoms with Crippen molar-refractivity contribution in [1.29, 1.82) is 0 Å². The zero-order chi connectivity index (χ0) is 8.97. The van der Waals surface area contributed by atoms with Crippen molar-refractivity contribution in [2.45, 2.75) is 0 Å². The molecule has 12 heavy (non-hydrogen) atoms. The summed E-state index contributed by atoms with van der Waals surface area (Å²) in [5.41, 5.74) is 6.01. The van der Waals surface area contributed by atoms with E-state index in [0.29, 0.717) is 11.4 Å². The number of ether oxygens (including phenoxy) is 1. The molecule has 4 nitrogen and oxygen atoms in total. The van der Waals surface area contributed by atoms with Crippen molar-refractivity contribution < 1.29 is 13.5 Å². The van der Waals surface area contributed by atoms with Crippen molar-refractivity contribution in [2.75, 3.05) is 11.7 Å². The van der Waals surface area contributed by atoms with E-state index >= 15 is 0 Å². The molecule has 1 atom stereocenters. The summed E-state index contributed by atoms with van der Waals surface area (Å²) < 4.78 is 23.5. The lowest BCUT2D eigenvalue weighted by Crippen LogP contribution is -2.03. The van der Waals surface area contributed by atoms with Gasteiger partial charge in [-0.15, -0.1) is 0 Å². The summed E-state index contributed by atoms with van der Waals surface area (Å²) in [5, 5.41) is 0. The van der Waals surface area contributed by atoms with Gasteiger partial charge in [0.15, 0.2) is 17.0 Å². The molecule has 66 valence electrons. The third-order valence-electron chi connectivity index (χ3n) is 1.18. The molecular weight excluding hydrogens is 178 g/mol. The van der Waals surface area contributed by atoms with Gasteiger partial charge in [-0.2, -0.15) is 0 Å². The molecule has 0 aliphatic rings. The standard InChI is InChI=1S/C7H9NO3S/c8-6-2-1-3-7(4-6)11-5-12(9)10/h1-4H,5,8H2,(H,9,10). The van der Waals surface area contributed by atoms with Crippen LogP contribution in [0.2, 0.25) is 0 Å². The lowest BCUT2D eigenvalue weighted by molar-refractivity contribution is 0.372. The minimum Gasteiger partial charge on any atom is -0.478 e. The van der Waals surface area contributed by atoms with Crippen molar-refractivity contribution in [2.24, 2.45) is 0 Å². The molecule has 0 aromatic heterocycles. The molecule has 0 aliphatic heterocycles. The second kappa shape index (κ2) is 4.08. The normalized spacial score (nSPS) is 12.4. The molecule has 0 saturated heterocycles. The molecule has 0 aliphatic carbocycles. The highest BCUT2D eigenvalue weighted by Crippen LogP contribution is 2.14. The van der Waals surface area contributed by atoms with E-state index in [-0.39, 0.29) is 5.94 Å². The molecule has 0 amide bonds. The highest BCUT2D eigenvalue weighted by Gasteiger charge is 1.96. The third kappa shape index (κ3) is 2.89. The number of rotatable bonds is 3. The Morgan fingerprint density at radius 3 is 2.92 bits per heavy atom. The Hall–Kier alpha value is -1.07. The molecule has 1 unspecified atom stereocenters. The Morgan fingerprint density at radius 2 is 2.33 bits per heavy atom. The Morgan fingerprint density at radius 1 is 1.58 bits per heavy atom. The second-order valence-corrected chi connectivity index (χ2v) is 3.03. The average molecular weight is 187 g/mol. The molecule has 3 N–H and O–H groups in total. The number of benzene rings is 1. The average Bonchev–Trinajstić information content (AvgIpc) is 2.01. The minimum atomic E-state index is -1.94. The molecule has 1 aromatic carbocycles. The van der Waals surface area contributed by atoms with Gasteiger partial charge < -0.3 is 15.0 Å². The van der Waals surface area contributed by atoms with Gasteiger partial charge in [-0.25, -0.2) is 4.21 Å². The van der Waals surface area contributed by atoms with Crippen LogP contribution in [0.15, 0.2) is 24.3 Å².